The molecule has 4 aromatic rings. The van der Waals surface area contributed by atoms with Crippen molar-refractivity contribution < 1.29 is 47.6 Å². The zero-order chi connectivity index (χ0) is 22.9. The van der Waals surface area contributed by atoms with Crippen molar-refractivity contribution in [1.29, 1.82) is 0 Å². The molecule has 0 radical (unpaired) electrons. The molecule has 3 aromatic carbocycles. The fourth-order valence-electron chi connectivity index (χ4n) is 4.72. The number of likely N-dealkylation sites (tertiary alicyclic amines) is 1. The molecule has 6 heteroatoms. The smallest absolute Gasteiger partial charge is 0.0378 e. The second-order valence-electron chi connectivity index (χ2n) is 9.30. The molecular formula is C28H26N3UVW. The van der Waals surface area contributed by atoms with Crippen LogP contribution in [-0.4, -0.2) is 32.4 Å². The van der Waals surface area contributed by atoms with Gasteiger partial charge in [-0.25, -0.2) is 0 Å². The Morgan fingerprint density at radius 1 is 0.912 bits per heavy atom. The molecule has 0 N–H and O–H groups in total. The Kier molecular flexibility index (Phi) is 7.37. The van der Waals surface area contributed by atoms with E-state index in [0.717, 1.165) is 53.9 Å². The van der Waals surface area contributed by atoms with Crippen molar-refractivity contribution in [3.05, 3.63) is 77.9 Å². The van der Waals surface area contributed by atoms with Crippen LogP contribution in [0, 0.1) is 29.9 Å². The Balaban J connectivity index is 1.40. The van der Waals surface area contributed by atoms with Crippen LogP contribution in [0.4, 0.5) is 0 Å². The van der Waals surface area contributed by atoms with E-state index in [2.05, 4.69) is 83.0 Å². The molecule has 0 spiro atoms. The Morgan fingerprint density at radius 3 is 2.32 bits per heavy atom. The molecule has 1 saturated heterocycles. The standard InChI is InChI=1S/C28H26N3.U.V.W/c1-20-14-16-31(17-15-20)19-22-9-11-24(12-10-22)28-27(23-6-4-3-5-7-23)30-26-18-21(2)8-13-25(26)29-28;;;/h2-7,9-13,18,20H,14-17,19H2,1H3;;;. The predicted octanol–water partition coefficient (Wildman–Crippen LogP) is 5.06. The molecule has 6 rings (SSSR count). The van der Waals surface area contributed by atoms with Gasteiger partial charge in [0.25, 0.3) is 0 Å². The van der Waals surface area contributed by atoms with E-state index >= 15 is 0 Å². The first-order chi connectivity index (χ1) is 16.7. The summed E-state index contributed by atoms with van der Waals surface area (Å²) in [6, 6.07) is 24.4. The quantitative estimate of drug-likeness (QED) is 0.288. The number of hydrogen-bond donors (Lipinski definition) is 0. The van der Waals surface area contributed by atoms with Gasteiger partial charge in [-0.15, -0.1) is 0 Å². The van der Waals surface area contributed by atoms with E-state index in [0.29, 0.717) is 0 Å². The zero-order valence-electron chi connectivity index (χ0n) is 19.2. The summed E-state index contributed by atoms with van der Waals surface area (Å²) in [4.78, 5) is 13.1. The van der Waals surface area contributed by atoms with Gasteiger partial charge in [-0.2, -0.15) is 0 Å². The summed E-state index contributed by atoms with van der Waals surface area (Å²) in [7, 11) is 0.770. The van der Waals surface area contributed by atoms with Crippen molar-refractivity contribution >= 4 is 18.0 Å². The van der Waals surface area contributed by atoms with E-state index < -0.39 is 24.0 Å². The number of piperidine rings is 1. The maximum atomic E-state index is 5.25. The van der Waals surface area contributed by atoms with E-state index in [1.54, 1.807) is 2.60 Å². The second kappa shape index (κ2) is 10.6. The number of rotatable bonds is 4. The summed E-state index contributed by atoms with van der Waals surface area (Å²) in [5.74, 6) is 0.873. The van der Waals surface area contributed by atoms with Gasteiger partial charge in [0.05, 0.1) is 0 Å². The van der Waals surface area contributed by atoms with E-state index in [1.807, 2.05) is 0 Å². The van der Waals surface area contributed by atoms with Crippen molar-refractivity contribution in [2.24, 2.45) is 5.92 Å². The first-order valence-corrected chi connectivity index (χ1v) is 30.0. The van der Waals surface area contributed by atoms with Crippen molar-refractivity contribution in [3.63, 3.8) is 0 Å². The van der Waals surface area contributed by atoms with Crippen LogP contribution in [-0.2, 0) is 30.1 Å². The Morgan fingerprint density at radius 2 is 1.59 bits per heavy atom. The van der Waals surface area contributed by atoms with Crippen molar-refractivity contribution in [2.75, 3.05) is 13.1 Å². The molecule has 1 fully saturated rings. The Labute approximate surface area is 223 Å². The molecule has 0 bridgehead atoms. The molecule has 168 valence electrons. The minimum Gasteiger partial charge on any atom is -0.0378 e. The Bertz CT molecular complexity index is 1400. The normalized spacial score (nSPS) is 15.9. The molecule has 2 aliphatic rings. The van der Waals surface area contributed by atoms with Crippen LogP contribution >= 0.6 is 0 Å². The molecule has 2 aliphatic heterocycles. The first-order valence-electron chi connectivity index (χ1n) is 11.9. The van der Waals surface area contributed by atoms with Crippen molar-refractivity contribution in [3.8, 4) is 22.5 Å². The molecule has 0 unspecified atom stereocenters. The number of benzene rings is 3. The van der Waals surface area contributed by atoms with Crippen LogP contribution in [0.3, 0.4) is 0 Å². The molecular weight excluding hydrogens is 851 g/mol. The summed E-state index contributed by atoms with van der Waals surface area (Å²) < 4.78 is 4.30. The molecule has 0 saturated carbocycles. The van der Waals surface area contributed by atoms with Crippen LogP contribution in [0.2, 0.25) is 0 Å². The molecule has 3 nitrogen and oxygen atoms in total. The SMILES string of the molecule is CC1CCN(Cc2ccc(-c3nc4c[c]5c(cc4nc3-c3ccccc3)[CH]=[W][V]=[U]5)cc2)CC1. The minimum atomic E-state index is -0.693. The predicted molar refractivity (Wildman–Crippen MR) is 129 cm³/mol. The van der Waals surface area contributed by atoms with E-state index in [1.165, 1.54) is 37.1 Å². The Hall–Kier alpha value is -0.845. The number of aromatic nitrogens is 2. The topological polar surface area (TPSA) is 29.0 Å². The first kappa shape index (κ1) is 23.5. The van der Waals surface area contributed by atoms with Gasteiger partial charge in [-0.3, -0.25) is 0 Å². The minimum absolute atomic E-state index is 0.127. The van der Waals surface area contributed by atoms with Crippen LogP contribution in [0.1, 0.15) is 30.9 Å². The van der Waals surface area contributed by atoms with Crippen molar-refractivity contribution in [2.45, 2.75) is 26.3 Å². The molecule has 0 atom stereocenters. The summed E-state index contributed by atoms with van der Waals surface area (Å²) in [5.41, 5.74) is 9.35. The molecule has 1 aromatic heterocycles. The molecule has 34 heavy (non-hydrogen) atoms. The second-order valence-corrected chi connectivity index (χ2v) is 48.7. The average molecular weight is 877 g/mol. The van der Waals surface area contributed by atoms with Gasteiger partial charge in [0.1, 0.15) is 0 Å². The van der Waals surface area contributed by atoms with Gasteiger partial charge >= 0.3 is 201 Å². The fraction of sp³-hybridized carbons (Fsp3) is 0.250. The molecule has 0 aliphatic carbocycles. The fourth-order valence-corrected chi connectivity index (χ4v) is 45.8. The third-order valence-electron chi connectivity index (χ3n) is 6.79. The van der Waals surface area contributed by atoms with Gasteiger partial charge in [-0.1, -0.05) is 6.92 Å². The van der Waals surface area contributed by atoms with Crippen LogP contribution in [0.15, 0.2) is 66.7 Å². The van der Waals surface area contributed by atoms with Gasteiger partial charge in [0, 0.05) is 0 Å². The number of fused-ring (bicyclic) bond motifs is 2. The molecule has 0 amide bonds. The molecule has 3 heterocycles. The number of hydrogen-bond acceptors (Lipinski definition) is 3. The van der Waals surface area contributed by atoms with E-state index in [4.69, 9.17) is 9.97 Å². The van der Waals surface area contributed by atoms with Gasteiger partial charge in [0.2, 0.25) is 0 Å². The third kappa shape index (κ3) is 5.15. The average Bonchev–Trinajstić information content (AvgIpc) is 2.89. The number of nitrogens with zero attached hydrogens (tertiary/aromatic N) is 3. The van der Waals surface area contributed by atoms with Gasteiger partial charge in [0.15, 0.2) is 0 Å². The summed E-state index contributed by atoms with van der Waals surface area (Å²) in [6.07, 6.45) is 2.64. The van der Waals surface area contributed by atoms with Crippen molar-refractivity contribution in [1.82, 2.24) is 14.9 Å². The van der Waals surface area contributed by atoms with Crippen LogP contribution in [0.25, 0.3) is 33.5 Å². The zero-order valence-corrected chi connectivity index (χ0v) is 27.7. The van der Waals surface area contributed by atoms with Gasteiger partial charge < -0.3 is 0 Å². The summed E-state index contributed by atoms with van der Waals surface area (Å²) in [6.45, 7) is 5.86. The van der Waals surface area contributed by atoms with Gasteiger partial charge in [-0.05, 0) is 18.8 Å². The monoisotopic (exact) mass is 877 g/mol. The van der Waals surface area contributed by atoms with E-state index in [-0.39, 0.29) is 15.7 Å². The maximum absolute atomic E-state index is 5.25. The van der Waals surface area contributed by atoms with E-state index in [9.17, 15) is 0 Å². The summed E-state index contributed by atoms with van der Waals surface area (Å²) in [5, 5.41) is 0. The van der Waals surface area contributed by atoms with Crippen LogP contribution < -0.4 is 2.60 Å². The third-order valence-corrected chi connectivity index (χ3v) is 46.6. The summed E-state index contributed by atoms with van der Waals surface area (Å²) >= 11 is -0.821. The van der Waals surface area contributed by atoms with Crippen LogP contribution in [0.5, 0.6) is 0 Å².